The zero-order valence-corrected chi connectivity index (χ0v) is 18.9. The van der Waals surface area contributed by atoms with E-state index in [0.29, 0.717) is 12.1 Å². The Balaban J connectivity index is 1.91. The molecule has 0 radical (unpaired) electrons. The van der Waals surface area contributed by atoms with Gasteiger partial charge in [0.15, 0.2) is 0 Å². The van der Waals surface area contributed by atoms with Crippen LogP contribution in [0.25, 0.3) is 10.8 Å². The molecule has 0 saturated carbocycles. The van der Waals surface area contributed by atoms with Gasteiger partial charge in [0.05, 0.1) is 0 Å². The Morgan fingerprint density at radius 2 is 1.89 bits per heavy atom. The van der Waals surface area contributed by atoms with Gasteiger partial charge in [-0.05, 0) is 69.3 Å². The highest BCUT2D eigenvalue weighted by molar-refractivity contribution is 14.1. The number of carbonyl (C=O) groups excluding carboxylic acids is 2. The molecule has 3 aromatic carbocycles. The zero-order valence-electron chi connectivity index (χ0n) is 15.2. The molecule has 1 atom stereocenters. The highest BCUT2D eigenvalue weighted by Gasteiger charge is 2.21. The largest absolute Gasteiger partial charge is 0.341 e. The molecule has 0 aliphatic heterocycles. The molecule has 28 heavy (non-hydrogen) atoms. The van der Waals surface area contributed by atoms with E-state index in [0.717, 1.165) is 30.7 Å². The minimum atomic E-state index is -0.326. The van der Waals surface area contributed by atoms with Crippen molar-refractivity contribution in [1.82, 2.24) is 4.90 Å². The molecule has 0 aliphatic carbocycles. The van der Waals surface area contributed by atoms with Gasteiger partial charge in [0.25, 0.3) is 5.91 Å². The van der Waals surface area contributed by atoms with E-state index >= 15 is 0 Å². The number of amides is 1. The van der Waals surface area contributed by atoms with Crippen LogP contribution >= 0.6 is 38.5 Å². The summed E-state index contributed by atoms with van der Waals surface area (Å²) in [5.74, 6) is -0.634. The average molecular weight is 554 g/mol. The Kier molecular flexibility index (Phi) is 6.82. The highest BCUT2D eigenvalue weighted by atomic mass is 127. The maximum atomic E-state index is 13.2. The van der Waals surface area contributed by atoms with E-state index in [1.54, 1.807) is 24.1 Å². The van der Waals surface area contributed by atoms with Crippen LogP contribution < -0.4 is 0 Å². The first-order valence-corrected chi connectivity index (χ1v) is 10.6. The van der Waals surface area contributed by atoms with Crippen LogP contribution in [0.1, 0.15) is 28.3 Å². The number of rotatable bonds is 6. The van der Waals surface area contributed by atoms with E-state index in [1.165, 1.54) is 12.1 Å². The summed E-state index contributed by atoms with van der Waals surface area (Å²) in [6, 6.07) is 15.8. The lowest BCUT2D eigenvalue weighted by atomic mass is 9.95. The molecule has 0 fully saturated rings. The van der Waals surface area contributed by atoms with Crippen molar-refractivity contribution in [3.63, 3.8) is 0 Å². The van der Waals surface area contributed by atoms with Gasteiger partial charge in [0.2, 0.25) is 0 Å². The topological polar surface area (TPSA) is 37.4 Å². The molecule has 0 N–H and O–H groups in total. The van der Waals surface area contributed by atoms with Gasteiger partial charge < -0.3 is 9.69 Å². The molecular weight excluding hydrogens is 536 g/mol. The van der Waals surface area contributed by atoms with Crippen molar-refractivity contribution in [2.75, 3.05) is 13.6 Å². The SMILES string of the molecule is CN(C[C@@H](CC=O)c1ccc(F)cc1)C(=O)c1cc(Br)cc2c(I)cccc12. The van der Waals surface area contributed by atoms with E-state index in [2.05, 4.69) is 38.5 Å². The number of benzene rings is 3. The predicted molar refractivity (Wildman–Crippen MR) is 121 cm³/mol. The lowest BCUT2D eigenvalue weighted by Crippen LogP contribution is -2.31. The molecule has 3 aromatic rings. The summed E-state index contributed by atoms with van der Waals surface area (Å²) < 4.78 is 15.1. The van der Waals surface area contributed by atoms with Crippen LogP contribution in [-0.4, -0.2) is 30.7 Å². The molecule has 0 bridgehead atoms. The first-order chi connectivity index (χ1) is 13.4. The standard InChI is InChI=1S/C22H18BrFINO2/c1-26(13-15(9-10-27)14-5-7-17(24)8-6-14)22(28)20-12-16(23)11-19-18(20)3-2-4-21(19)25/h2-8,10-12,15H,9,13H2,1H3/t15-/m1/s1. The minimum absolute atomic E-state index is 0.119. The van der Waals surface area contributed by atoms with Crippen molar-refractivity contribution in [1.29, 1.82) is 0 Å². The summed E-state index contributed by atoms with van der Waals surface area (Å²) in [4.78, 5) is 26.0. The van der Waals surface area contributed by atoms with Crippen molar-refractivity contribution in [2.45, 2.75) is 12.3 Å². The fourth-order valence-corrected chi connectivity index (χ4v) is 4.39. The van der Waals surface area contributed by atoms with Crippen molar-refractivity contribution in [3.8, 4) is 0 Å². The van der Waals surface area contributed by atoms with Crippen LogP contribution in [0.4, 0.5) is 4.39 Å². The van der Waals surface area contributed by atoms with E-state index in [-0.39, 0.29) is 24.1 Å². The molecule has 3 nitrogen and oxygen atoms in total. The van der Waals surface area contributed by atoms with Crippen LogP contribution in [-0.2, 0) is 4.79 Å². The number of halogens is 3. The Bertz CT molecular complexity index is 1020. The number of nitrogens with zero attached hydrogens (tertiary/aromatic N) is 1. The fraction of sp³-hybridized carbons (Fsp3) is 0.182. The quantitative estimate of drug-likeness (QED) is 0.286. The molecule has 0 unspecified atom stereocenters. The van der Waals surface area contributed by atoms with Gasteiger partial charge in [0.1, 0.15) is 12.1 Å². The first-order valence-electron chi connectivity index (χ1n) is 8.73. The molecule has 0 aliphatic rings. The number of fused-ring (bicyclic) bond motifs is 1. The van der Waals surface area contributed by atoms with Crippen LogP contribution in [0.2, 0.25) is 0 Å². The van der Waals surface area contributed by atoms with Gasteiger partial charge in [-0.2, -0.15) is 0 Å². The molecule has 6 heteroatoms. The molecule has 0 heterocycles. The normalized spacial score (nSPS) is 12.0. The molecule has 1 amide bonds. The van der Waals surface area contributed by atoms with Gasteiger partial charge in [-0.15, -0.1) is 0 Å². The van der Waals surface area contributed by atoms with E-state index < -0.39 is 0 Å². The number of hydrogen-bond acceptors (Lipinski definition) is 2. The summed E-state index contributed by atoms with van der Waals surface area (Å²) in [6.07, 6.45) is 1.10. The van der Waals surface area contributed by atoms with Crippen LogP contribution in [0.3, 0.4) is 0 Å². The maximum absolute atomic E-state index is 13.2. The van der Waals surface area contributed by atoms with Gasteiger partial charge >= 0.3 is 0 Å². The number of carbonyl (C=O) groups is 2. The van der Waals surface area contributed by atoms with Crippen LogP contribution in [0.15, 0.2) is 59.1 Å². The molecular formula is C22H18BrFINO2. The van der Waals surface area contributed by atoms with Crippen LogP contribution in [0.5, 0.6) is 0 Å². The molecule has 0 saturated heterocycles. The van der Waals surface area contributed by atoms with E-state index in [4.69, 9.17) is 0 Å². The van der Waals surface area contributed by atoms with Gasteiger partial charge in [-0.1, -0.05) is 40.2 Å². The first kappa shape index (κ1) is 20.9. The van der Waals surface area contributed by atoms with Gasteiger partial charge in [-0.25, -0.2) is 4.39 Å². The van der Waals surface area contributed by atoms with Gasteiger partial charge in [-0.3, -0.25) is 4.79 Å². The summed E-state index contributed by atoms with van der Waals surface area (Å²) in [7, 11) is 1.73. The summed E-state index contributed by atoms with van der Waals surface area (Å²) in [6.45, 7) is 0.362. The third kappa shape index (κ3) is 4.60. The molecule has 0 aromatic heterocycles. The Hall–Kier alpha value is -1.80. The molecule has 0 spiro atoms. The van der Waals surface area contributed by atoms with Crippen molar-refractivity contribution in [2.24, 2.45) is 0 Å². The fourth-order valence-electron chi connectivity index (χ4n) is 3.28. The highest BCUT2D eigenvalue weighted by Crippen LogP contribution is 2.29. The van der Waals surface area contributed by atoms with Crippen molar-refractivity contribution < 1.29 is 14.0 Å². The van der Waals surface area contributed by atoms with Crippen molar-refractivity contribution >= 4 is 61.5 Å². The third-order valence-electron chi connectivity index (χ3n) is 4.70. The summed E-state index contributed by atoms with van der Waals surface area (Å²) in [5, 5.41) is 1.90. The number of likely N-dealkylation sites (N-methyl/N-ethyl adjacent to an activating group) is 1. The van der Waals surface area contributed by atoms with Crippen molar-refractivity contribution in [3.05, 3.63) is 79.6 Å². The smallest absolute Gasteiger partial charge is 0.254 e. The predicted octanol–water partition coefficient (Wildman–Crippen LogP) is 5.79. The second-order valence-corrected chi connectivity index (χ2v) is 8.70. The Labute approximate surface area is 185 Å². The monoisotopic (exact) mass is 553 g/mol. The van der Waals surface area contributed by atoms with Crippen LogP contribution in [0, 0.1) is 9.39 Å². The minimum Gasteiger partial charge on any atom is -0.341 e. The average Bonchev–Trinajstić information content (AvgIpc) is 2.68. The Morgan fingerprint density at radius 3 is 2.57 bits per heavy atom. The van der Waals surface area contributed by atoms with E-state index in [1.807, 2.05) is 30.3 Å². The lowest BCUT2D eigenvalue weighted by Gasteiger charge is -2.24. The Morgan fingerprint density at radius 1 is 1.18 bits per heavy atom. The number of aldehydes is 1. The van der Waals surface area contributed by atoms with Gasteiger partial charge in [0, 0.05) is 39.5 Å². The second-order valence-electron chi connectivity index (χ2n) is 6.62. The summed E-state index contributed by atoms with van der Waals surface area (Å²) >= 11 is 5.76. The third-order valence-corrected chi connectivity index (χ3v) is 6.10. The second kappa shape index (κ2) is 9.13. The summed E-state index contributed by atoms with van der Waals surface area (Å²) in [5.41, 5.74) is 1.44. The number of hydrogen-bond donors (Lipinski definition) is 0. The molecule has 3 rings (SSSR count). The maximum Gasteiger partial charge on any atom is 0.254 e. The lowest BCUT2D eigenvalue weighted by molar-refractivity contribution is -0.108. The van der Waals surface area contributed by atoms with E-state index in [9.17, 15) is 14.0 Å². The zero-order chi connectivity index (χ0) is 20.3. The molecule has 144 valence electrons.